The number of rotatable bonds is 3. The highest BCUT2D eigenvalue weighted by Crippen LogP contribution is 2.31. The summed E-state index contributed by atoms with van der Waals surface area (Å²) in [6.45, 7) is 1.16. The van der Waals surface area contributed by atoms with Crippen molar-refractivity contribution in [1.82, 2.24) is 10.3 Å². The van der Waals surface area contributed by atoms with E-state index in [-0.39, 0.29) is 6.04 Å². The van der Waals surface area contributed by atoms with Crippen molar-refractivity contribution in [1.29, 1.82) is 0 Å². The maximum Gasteiger partial charge on any atom is 0.114 e. The van der Waals surface area contributed by atoms with Gasteiger partial charge in [0.05, 0.1) is 6.04 Å². The fraction of sp³-hybridized carbons (Fsp3) is 0.400. The van der Waals surface area contributed by atoms with E-state index in [0.717, 1.165) is 11.6 Å². The van der Waals surface area contributed by atoms with Gasteiger partial charge in [-0.1, -0.05) is 12.1 Å². The van der Waals surface area contributed by atoms with Gasteiger partial charge in [-0.15, -0.1) is 11.3 Å². The molecule has 0 radical (unpaired) electrons. The largest absolute Gasteiger partial charge is 0.374 e. The Balaban J connectivity index is 1.97. The Morgan fingerprint density at radius 1 is 1.42 bits per heavy atom. The van der Waals surface area contributed by atoms with Crippen LogP contribution in [0.15, 0.2) is 29.8 Å². The number of benzene rings is 1. The molecule has 0 bridgehead atoms. The van der Waals surface area contributed by atoms with Crippen molar-refractivity contribution in [3.8, 4) is 0 Å². The Morgan fingerprint density at radius 3 is 3.05 bits per heavy atom. The molecule has 1 aliphatic rings. The third-order valence-corrected chi connectivity index (χ3v) is 4.62. The van der Waals surface area contributed by atoms with Gasteiger partial charge < -0.3 is 10.2 Å². The van der Waals surface area contributed by atoms with E-state index in [9.17, 15) is 0 Å². The first-order chi connectivity index (χ1) is 9.29. The molecule has 3 nitrogen and oxygen atoms in total. The monoisotopic (exact) mass is 273 g/mol. The first-order valence-corrected chi connectivity index (χ1v) is 7.58. The van der Waals surface area contributed by atoms with Gasteiger partial charge in [0.25, 0.3) is 0 Å². The quantitative estimate of drug-likeness (QED) is 0.932. The van der Waals surface area contributed by atoms with E-state index in [2.05, 4.69) is 40.4 Å². The second-order valence-corrected chi connectivity index (χ2v) is 5.93. The van der Waals surface area contributed by atoms with Crippen molar-refractivity contribution in [3.63, 3.8) is 0 Å². The van der Waals surface area contributed by atoms with Crippen LogP contribution >= 0.6 is 11.3 Å². The highest BCUT2D eigenvalue weighted by atomic mass is 32.1. The maximum atomic E-state index is 4.44. The number of hydrogen-bond donors (Lipinski definition) is 1. The maximum absolute atomic E-state index is 4.44. The average Bonchev–Trinajstić information content (AvgIpc) is 2.94. The predicted octanol–water partition coefficient (Wildman–Crippen LogP) is 2.83. The van der Waals surface area contributed by atoms with E-state index in [4.69, 9.17) is 0 Å². The van der Waals surface area contributed by atoms with E-state index in [1.807, 2.05) is 18.6 Å². The zero-order valence-corrected chi connectivity index (χ0v) is 12.2. The molecule has 1 aromatic heterocycles. The molecular weight excluding hydrogens is 254 g/mol. The molecule has 19 heavy (non-hydrogen) atoms. The van der Waals surface area contributed by atoms with E-state index in [1.165, 1.54) is 29.7 Å². The molecule has 1 unspecified atom stereocenters. The minimum atomic E-state index is 0.206. The van der Waals surface area contributed by atoms with E-state index in [0.29, 0.717) is 0 Å². The first kappa shape index (κ1) is 12.6. The molecule has 0 fully saturated rings. The molecule has 0 saturated heterocycles. The zero-order chi connectivity index (χ0) is 13.2. The van der Waals surface area contributed by atoms with Crippen LogP contribution in [0.2, 0.25) is 0 Å². The Morgan fingerprint density at radius 2 is 2.32 bits per heavy atom. The predicted molar refractivity (Wildman–Crippen MR) is 81.0 cm³/mol. The molecule has 0 aliphatic carbocycles. The van der Waals surface area contributed by atoms with E-state index >= 15 is 0 Å². The van der Waals surface area contributed by atoms with Crippen molar-refractivity contribution in [2.45, 2.75) is 18.9 Å². The van der Waals surface area contributed by atoms with Gasteiger partial charge in [-0.3, -0.25) is 0 Å². The van der Waals surface area contributed by atoms with E-state index < -0.39 is 0 Å². The number of nitrogens with one attached hydrogen (secondary N) is 1. The number of thiazole rings is 1. The van der Waals surface area contributed by atoms with Gasteiger partial charge in [-0.2, -0.15) is 0 Å². The number of nitrogens with zero attached hydrogens (tertiary/aromatic N) is 2. The Labute approximate surface area is 118 Å². The highest BCUT2D eigenvalue weighted by Gasteiger charge is 2.18. The first-order valence-electron chi connectivity index (χ1n) is 6.70. The molecule has 0 amide bonds. The highest BCUT2D eigenvalue weighted by molar-refractivity contribution is 7.09. The van der Waals surface area contributed by atoms with Crippen molar-refractivity contribution in [2.24, 2.45) is 0 Å². The van der Waals surface area contributed by atoms with Crippen LogP contribution in [-0.2, 0) is 6.42 Å². The van der Waals surface area contributed by atoms with Gasteiger partial charge in [-0.05, 0) is 37.1 Å². The molecule has 4 heteroatoms. The smallest absolute Gasteiger partial charge is 0.114 e. The number of aryl methyl sites for hydroxylation is 1. The van der Waals surface area contributed by atoms with Crippen LogP contribution in [0.5, 0.6) is 0 Å². The van der Waals surface area contributed by atoms with E-state index in [1.54, 1.807) is 11.3 Å². The molecule has 2 heterocycles. The molecule has 1 aromatic carbocycles. The fourth-order valence-corrected chi connectivity index (χ4v) is 3.57. The van der Waals surface area contributed by atoms with Crippen LogP contribution in [0.4, 0.5) is 5.69 Å². The second kappa shape index (κ2) is 5.31. The Bertz CT molecular complexity index is 551. The van der Waals surface area contributed by atoms with Crippen LogP contribution in [-0.4, -0.2) is 25.6 Å². The van der Waals surface area contributed by atoms with Crippen molar-refractivity contribution < 1.29 is 0 Å². The van der Waals surface area contributed by atoms with Gasteiger partial charge >= 0.3 is 0 Å². The lowest BCUT2D eigenvalue weighted by molar-refractivity contribution is 0.681. The van der Waals surface area contributed by atoms with Crippen molar-refractivity contribution in [2.75, 3.05) is 25.5 Å². The molecule has 0 saturated carbocycles. The van der Waals surface area contributed by atoms with Crippen LogP contribution in [0.3, 0.4) is 0 Å². The number of anilines is 1. The fourth-order valence-electron chi connectivity index (χ4n) is 2.79. The lowest BCUT2D eigenvalue weighted by atomic mass is 9.97. The van der Waals surface area contributed by atoms with Gasteiger partial charge in [0.1, 0.15) is 5.01 Å². The number of hydrogen-bond acceptors (Lipinski definition) is 4. The average molecular weight is 273 g/mol. The number of aromatic nitrogens is 1. The summed E-state index contributed by atoms with van der Waals surface area (Å²) in [4.78, 5) is 6.78. The summed E-state index contributed by atoms with van der Waals surface area (Å²) in [6.07, 6.45) is 4.30. The Hall–Kier alpha value is -1.39. The second-order valence-electron chi connectivity index (χ2n) is 5.01. The molecule has 1 N–H and O–H groups in total. The molecule has 3 rings (SSSR count). The third-order valence-electron chi connectivity index (χ3n) is 3.77. The minimum Gasteiger partial charge on any atom is -0.374 e. The summed E-state index contributed by atoms with van der Waals surface area (Å²) < 4.78 is 0. The summed E-state index contributed by atoms with van der Waals surface area (Å²) in [7, 11) is 4.17. The van der Waals surface area contributed by atoms with Crippen LogP contribution in [0.1, 0.15) is 28.6 Å². The molecule has 1 atom stereocenters. The summed E-state index contributed by atoms with van der Waals surface area (Å²) >= 11 is 1.70. The van der Waals surface area contributed by atoms with Gasteiger partial charge in [-0.25, -0.2) is 4.98 Å². The summed E-state index contributed by atoms with van der Waals surface area (Å²) in [5.41, 5.74) is 4.15. The van der Waals surface area contributed by atoms with Crippen LogP contribution in [0, 0.1) is 0 Å². The number of fused-ring (bicyclic) bond motifs is 1. The normalized spacial score (nSPS) is 16.2. The lowest BCUT2D eigenvalue weighted by Crippen LogP contribution is -2.25. The SMILES string of the molecule is CNC(c1ccc2c(c1)CCCN2C)c1nccs1. The van der Waals surface area contributed by atoms with Crippen LogP contribution in [0.25, 0.3) is 0 Å². The zero-order valence-electron chi connectivity index (χ0n) is 11.4. The lowest BCUT2D eigenvalue weighted by Gasteiger charge is -2.28. The molecule has 1 aliphatic heterocycles. The van der Waals surface area contributed by atoms with Gasteiger partial charge in [0.2, 0.25) is 0 Å². The summed E-state index contributed by atoms with van der Waals surface area (Å²) in [5, 5.41) is 6.54. The van der Waals surface area contributed by atoms with Gasteiger partial charge in [0, 0.05) is 30.9 Å². The van der Waals surface area contributed by atoms with Crippen LogP contribution < -0.4 is 10.2 Å². The molecule has 2 aromatic rings. The van der Waals surface area contributed by atoms with Gasteiger partial charge in [0.15, 0.2) is 0 Å². The van der Waals surface area contributed by atoms with Crippen molar-refractivity contribution in [3.05, 3.63) is 45.9 Å². The topological polar surface area (TPSA) is 28.2 Å². The summed E-state index contributed by atoms with van der Waals surface area (Å²) in [6, 6.07) is 7.02. The minimum absolute atomic E-state index is 0.206. The van der Waals surface area contributed by atoms with Crippen molar-refractivity contribution >= 4 is 17.0 Å². The summed E-state index contributed by atoms with van der Waals surface area (Å²) in [5.74, 6) is 0. The third kappa shape index (κ3) is 2.38. The standard InChI is InChI=1S/C15H19N3S/c1-16-14(15-17-7-9-19-15)12-5-6-13-11(10-12)4-3-8-18(13)2/h5-7,9-10,14,16H,3-4,8H2,1-2H3. The molecule has 0 spiro atoms. The Kier molecular flexibility index (Phi) is 3.53. The molecule has 100 valence electrons. The molecular formula is C15H19N3S.